The predicted octanol–water partition coefficient (Wildman–Crippen LogP) is 15.4. The van der Waals surface area contributed by atoms with Crippen LogP contribution in [0.2, 0.25) is 0 Å². The molecule has 5 aromatic carbocycles. The van der Waals surface area contributed by atoms with Crippen LogP contribution in [0.1, 0.15) is 113 Å². The molecular weight excluding hydrogens is 788 g/mol. The van der Waals surface area contributed by atoms with Gasteiger partial charge in [-0.2, -0.15) is 52.7 Å². The minimum atomic E-state index is -5.96. The van der Waals surface area contributed by atoms with Gasteiger partial charge < -0.3 is 9.47 Å². The van der Waals surface area contributed by atoms with Crippen molar-refractivity contribution in [1.82, 2.24) is 0 Å². The molecule has 14 heteroatoms. The Morgan fingerprint density at radius 3 is 0.983 bits per heavy atom. The highest BCUT2D eigenvalue weighted by Crippen LogP contribution is 2.68. The second-order valence-electron chi connectivity index (χ2n) is 15.5. The lowest BCUT2D eigenvalue weighted by Gasteiger charge is -2.24. The molecule has 58 heavy (non-hydrogen) atoms. The molecule has 0 aliphatic heterocycles. The van der Waals surface area contributed by atoms with Crippen LogP contribution < -0.4 is 9.47 Å². The van der Waals surface area contributed by atoms with Gasteiger partial charge in [0.25, 0.3) is 0 Å². The summed E-state index contributed by atoms with van der Waals surface area (Å²) in [5, 5.41) is -5.55. The Balaban J connectivity index is 1.49. The fraction of sp³-hybridized carbons (Fsp3) is 0.500. The summed E-state index contributed by atoms with van der Waals surface area (Å²) in [6.45, 7) is 4.35. The minimum absolute atomic E-state index is 0.0125. The van der Waals surface area contributed by atoms with Gasteiger partial charge in [0.1, 0.15) is 11.5 Å². The minimum Gasteiger partial charge on any atom is -0.494 e. The molecule has 0 amide bonds. The van der Waals surface area contributed by atoms with E-state index in [0.29, 0.717) is 25.0 Å². The molecule has 314 valence electrons. The molecule has 7 rings (SSSR count). The van der Waals surface area contributed by atoms with Crippen molar-refractivity contribution >= 4 is 43.1 Å². The summed E-state index contributed by atoms with van der Waals surface area (Å²) in [4.78, 5) is 0. The standard InChI is InChI=1S/C44H42F12O2/c1-3-5-7-9-11-13-19-57-25-15-17-27-29(21-25)31-23-34-32(24-33(31)37-35(27)39(45,46)43(53,54)41(37,49)50)30-22-26(58-20-14-12-10-8-6-4-2)16-18-28(30)36-38(34)42(51,52)44(55,56)40(36,47)48/h15-18,21-24H,3-14,19-20H2,1-2H3. The summed E-state index contributed by atoms with van der Waals surface area (Å²) in [5.41, 5.74) is -6.99. The van der Waals surface area contributed by atoms with Gasteiger partial charge in [-0.05, 0) is 92.3 Å². The maximum atomic E-state index is 15.9. The number of rotatable bonds is 16. The van der Waals surface area contributed by atoms with E-state index < -0.39 is 101 Å². The zero-order valence-corrected chi connectivity index (χ0v) is 31.9. The molecule has 0 atom stereocenters. The average Bonchev–Trinajstić information content (AvgIpc) is 3.36. The van der Waals surface area contributed by atoms with E-state index in [1.807, 2.05) is 0 Å². The van der Waals surface area contributed by atoms with E-state index >= 15 is 52.7 Å². The van der Waals surface area contributed by atoms with Gasteiger partial charge in [-0.25, -0.2) is 0 Å². The van der Waals surface area contributed by atoms with Gasteiger partial charge in [-0.3, -0.25) is 0 Å². The second kappa shape index (κ2) is 14.9. The first-order valence-corrected chi connectivity index (χ1v) is 19.8. The lowest BCUT2D eigenvalue weighted by atomic mass is 9.86. The molecule has 2 nitrogen and oxygen atoms in total. The van der Waals surface area contributed by atoms with Gasteiger partial charge in [-0.1, -0.05) is 90.2 Å². The molecule has 2 aliphatic rings. The van der Waals surface area contributed by atoms with Gasteiger partial charge >= 0.3 is 35.5 Å². The normalized spacial score (nSPS) is 19.3. The van der Waals surface area contributed by atoms with Crippen LogP contribution in [0.3, 0.4) is 0 Å². The molecule has 0 spiro atoms. The Labute approximate surface area is 326 Å². The van der Waals surface area contributed by atoms with Crippen LogP contribution in [-0.4, -0.2) is 25.1 Å². The van der Waals surface area contributed by atoms with Gasteiger partial charge in [0.05, 0.1) is 13.2 Å². The van der Waals surface area contributed by atoms with Crippen molar-refractivity contribution in [2.24, 2.45) is 0 Å². The van der Waals surface area contributed by atoms with Crippen molar-refractivity contribution in [3.63, 3.8) is 0 Å². The lowest BCUT2D eigenvalue weighted by molar-refractivity contribution is -0.302. The van der Waals surface area contributed by atoms with Crippen LogP contribution in [0.25, 0.3) is 43.1 Å². The van der Waals surface area contributed by atoms with Crippen molar-refractivity contribution in [3.8, 4) is 11.5 Å². The molecule has 5 aromatic rings. The quantitative estimate of drug-likeness (QED) is 0.0427. The van der Waals surface area contributed by atoms with Crippen molar-refractivity contribution in [2.75, 3.05) is 13.2 Å². The summed E-state index contributed by atoms with van der Waals surface area (Å²) >= 11 is 0. The third kappa shape index (κ3) is 6.15. The van der Waals surface area contributed by atoms with Crippen LogP contribution in [0, 0.1) is 0 Å². The molecule has 0 heterocycles. The molecular formula is C44H42F12O2. The zero-order chi connectivity index (χ0) is 42.1. The van der Waals surface area contributed by atoms with E-state index in [1.165, 1.54) is 0 Å². The van der Waals surface area contributed by atoms with Crippen LogP contribution in [0.5, 0.6) is 11.5 Å². The van der Waals surface area contributed by atoms with E-state index in [2.05, 4.69) is 13.8 Å². The fourth-order valence-electron chi connectivity index (χ4n) is 8.58. The lowest BCUT2D eigenvalue weighted by Crippen LogP contribution is -2.43. The Bertz CT molecular complexity index is 2200. The first kappa shape index (κ1) is 42.0. The number of fused-ring (bicyclic) bond motifs is 12. The summed E-state index contributed by atoms with van der Waals surface area (Å²) < 4.78 is 199. The molecule has 2 aliphatic carbocycles. The number of benzene rings is 5. The maximum Gasteiger partial charge on any atom is 0.380 e. The maximum absolute atomic E-state index is 15.9. The molecule has 0 aromatic heterocycles. The molecule has 0 unspecified atom stereocenters. The van der Waals surface area contributed by atoms with E-state index in [1.54, 1.807) is 0 Å². The van der Waals surface area contributed by atoms with E-state index in [9.17, 15) is 0 Å². The fourth-order valence-corrected chi connectivity index (χ4v) is 8.58. The largest absolute Gasteiger partial charge is 0.494 e. The highest BCUT2D eigenvalue weighted by Gasteiger charge is 2.81. The molecule has 0 radical (unpaired) electrons. The smallest absolute Gasteiger partial charge is 0.380 e. The third-order valence-corrected chi connectivity index (χ3v) is 11.7. The van der Waals surface area contributed by atoms with Crippen LogP contribution >= 0.6 is 0 Å². The summed E-state index contributed by atoms with van der Waals surface area (Å²) in [6.07, 6.45) is 10.6. The molecule has 0 saturated carbocycles. The van der Waals surface area contributed by atoms with E-state index in [0.717, 1.165) is 101 Å². The van der Waals surface area contributed by atoms with Crippen LogP contribution in [0.15, 0.2) is 48.5 Å². The summed E-state index contributed by atoms with van der Waals surface area (Å²) in [7, 11) is 0. The average molecular weight is 831 g/mol. The van der Waals surface area contributed by atoms with Crippen molar-refractivity contribution < 1.29 is 62.2 Å². The van der Waals surface area contributed by atoms with Gasteiger partial charge in [0, 0.05) is 22.3 Å². The number of hydrogen-bond acceptors (Lipinski definition) is 2. The van der Waals surface area contributed by atoms with Crippen molar-refractivity contribution in [2.45, 2.75) is 126 Å². The van der Waals surface area contributed by atoms with Crippen molar-refractivity contribution in [3.05, 3.63) is 70.8 Å². The van der Waals surface area contributed by atoms with E-state index in [4.69, 9.17) is 9.47 Å². The second-order valence-corrected chi connectivity index (χ2v) is 15.5. The van der Waals surface area contributed by atoms with Gasteiger partial charge in [0.15, 0.2) is 0 Å². The number of halogens is 12. The van der Waals surface area contributed by atoms with E-state index in [-0.39, 0.29) is 24.7 Å². The summed E-state index contributed by atoms with van der Waals surface area (Å²) in [6, 6.07) is 7.45. The van der Waals surface area contributed by atoms with Gasteiger partial charge in [0.2, 0.25) is 0 Å². The molecule has 0 N–H and O–H groups in total. The SMILES string of the molecule is CCCCCCCCOc1ccc2c3c(c4cc5c(cc4c2c1)c1c(c2ccc(OCCCCCCCC)cc25)C(F)(F)C(F)(F)C1(F)F)C(F)(F)C(F)(F)C3(F)F. The Morgan fingerprint density at radius 1 is 0.345 bits per heavy atom. The summed E-state index contributed by atoms with van der Waals surface area (Å²) in [5.74, 6) is -33.9. The number of unbranched alkanes of at least 4 members (excludes halogenated alkanes) is 10. The molecule has 0 fully saturated rings. The topological polar surface area (TPSA) is 18.5 Å². The Kier molecular flexibility index (Phi) is 10.8. The highest BCUT2D eigenvalue weighted by atomic mass is 19.4. The first-order chi connectivity index (χ1) is 27.3. The zero-order valence-electron chi connectivity index (χ0n) is 31.9. The monoisotopic (exact) mass is 830 g/mol. The first-order valence-electron chi connectivity index (χ1n) is 19.8. The highest BCUT2D eigenvalue weighted by molar-refractivity contribution is 6.21. The van der Waals surface area contributed by atoms with Crippen LogP contribution in [-0.2, 0) is 23.7 Å². The Morgan fingerprint density at radius 2 is 0.638 bits per heavy atom. The van der Waals surface area contributed by atoms with Crippen LogP contribution in [0.4, 0.5) is 52.7 Å². The molecule has 0 saturated heterocycles. The third-order valence-electron chi connectivity index (χ3n) is 11.7. The number of hydrogen-bond donors (Lipinski definition) is 0. The van der Waals surface area contributed by atoms with Crippen molar-refractivity contribution in [1.29, 1.82) is 0 Å². The number of alkyl halides is 12. The number of ether oxygens (including phenoxy) is 2. The van der Waals surface area contributed by atoms with Gasteiger partial charge in [-0.15, -0.1) is 0 Å². The predicted molar refractivity (Wildman–Crippen MR) is 200 cm³/mol. The molecule has 0 bridgehead atoms. The Hall–Kier alpha value is -4.10.